The number of H-pyrrole nitrogens is 1. The molecule has 2 heterocycles. The van der Waals surface area contributed by atoms with Gasteiger partial charge in [-0.1, -0.05) is 52.3 Å². The van der Waals surface area contributed by atoms with Crippen molar-refractivity contribution in [3.8, 4) is 0 Å². The number of rotatable bonds is 4. The van der Waals surface area contributed by atoms with Crippen LogP contribution in [0.2, 0.25) is 0 Å². The number of aromatic amines is 1. The largest absolute Gasteiger partial charge is 0.344 e. The van der Waals surface area contributed by atoms with Gasteiger partial charge in [-0.05, 0) is 37.5 Å². The van der Waals surface area contributed by atoms with Crippen molar-refractivity contribution in [1.82, 2.24) is 15.1 Å². The number of carbonyl (C=O) groups excluding carboxylic acids is 2. The fourth-order valence-electron chi connectivity index (χ4n) is 2.60. The van der Waals surface area contributed by atoms with Crippen LogP contribution in [0.5, 0.6) is 0 Å². The monoisotopic (exact) mass is 386 g/mol. The van der Waals surface area contributed by atoms with Gasteiger partial charge in [0.25, 0.3) is 0 Å². The second kappa shape index (κ2) is 12.7. The summed E-state index contributed by atoms with van der Waals surface area (Å²) in [6, 6.07) is 11.4. The highest BCUT2D eigenvalue weighted by molar-refractivity contribution is 5.93. The van der Waals surface area contributed by atoms with Gasteiger partial charge >= 0.3 is 0 Å². The van der Waals surface area contributed by atoms with E-state index in [9.17, 15) is 9.59 Å². The Kier molecular flexibility index (Phi) is 10.6. The number of hydrogen-bond donors (Lipinski definition) is 2. The molecule has 1 aromatic heterocycles. The van der Waals surface area contributed by atoms with E-state index >= 15 is 0 Å². The minimum atomic E-state index is -0.0783. The van der Waals surface area contributed by atoms with Gasteiger partial charge in [-0.15, -0.1) is 0 Å². The Labute approximate surface area is 168 Å². The molecule has 1 atom stereocenters. The molecule has 1 saturated heterocycles. The van der Waals surface area contributed by atoms with Crippen LogP contribution in [0, 0.1) is 12.8 Å². The van der Waals surface area contributed by atoms with Crippen molar-refractivity contribution >= 4 is 18.0 Å². The highest BCUT2D eigenvalue weighted by Crippen LogP contribution is 2.17. The van der Waals surface area contributed by atoms with Crippen molar-refractivity contribution in [2.75, 3.05) is 18.4 Å². The number of nitrogens with one attached hydrogen (secondary N) is 2. The van der Waals surface area contributed by atoms with E-state index < -0.39 is 0 Å². The number of aryl methyl sites for hydroxylation is 1. The summed E-state index contributed by atoms with van der Waals surface area (Å²) >= 11 is 0. The maximum atomic E-state index is 11.8. The number of carbonyl (C=O) groups is 2. The van der Waals surface area contributed by atoms with Crippen LogP contribution in [0.3, 0.4) is 0 Å². The van der Waals surface area contributed by atoms with Crippen LogP contribution in [0.15, 0.2) is 36.4 Å². The molecule has 1 aromatic carbocycles. The number of likely N-dealkylation sites (tertiary alicyclic amines) is 1. The zero-order valence-electron chi connectivity index (χ0n) is 17.7. The van der Waals surface area contributed by atoms with E-state index in [0.717, 1.165) is 29.9 Å². The Morgan fingerprint density at radius 2 is 1.96 bits per heavy atom. The van der Waals surface area contributed by atoms with Crippen LogP contribution in [0.4, 0.5) is 5.69 Å². The summed E-state index contributed by atoms with van der Waals surface area (Å²) in [5.41, 5.74) is 3.09. The van der Waals surface area contributed by atoms with Crippen LogP contribution in [-0.2, 0) is 9.59 Å². The minimum Gasteiger partial charge on any atom is -0.344 e. The highest BCUT2D eigenvalue weighted by Gasteiger charge is 2.27. The predicted molar refractivity (Wildman–Crippen MR) is 114 cm³/mol. The fourth-order valence-corrected chi connectivity index (χ4v) is 2.60. The van der Waals surface area contributed by atoms with Crippen LogP contribution in [0.25, 0.3) is 0 Å². The summed E-state index contributed by atoms with van der Waals surface area (Å²) < 4.78 is 0. The minimum absolute atomic E-state index is 0.00412. The van der Waals surface area contributed by atoms with E-state index in [1.807, 2.05) is 37.3 Å². The first-order valence-corrected chi connectivity index (χ1v) is 9.98. The van der Waals surface area contributed by atoms with E-state index in [1.165, 1.54) is 6.42 Å². The summed E-state index contributed by atoms with van der Waals surface area (Å²) in [7, 11) is 0. The molecular formula is C22H34N4O2. The lowest BCUT2D eigenvalue weighted by Crippen LogP contribution is -2.26. The van der Waals surface area contributed by atoms with Gasteiger partial charge in [0.2, 0.25) is 12.3 Å². The lowest BCUT2D eigenvalue weighted by Gasteiger charge is -2.11. The molecule has 6 heteroatoms. The van der Waals surface area contributed by atoms with Crippen molar-refractivity contribution in [2.45, 2.75) is 53.4 Å². The molecule has 2 aromatic rings. The molecular weight excluding hydrogens is 352 g/mol. The van der Waals surface area contributed by atoms with Gasteiger partial charge in [-0.3, -0.25) is 14.7 Å². The third-order valence-electron chi connectivity index (χ3n) is 4.10. The Hall–Kier alpha value is -2.63. The number of nitrogens with zero attached hydrogens (tertiary/aromatic N) is 2. The lowest BCUT2D eigenvalue weighted by molar-refractivity contribution is -0.120. The van der Waals surface area contributed by atoms with Crippen molar-refractivity contribution in [3.63, 3.8) is 0 Å². The van der Waals surface area contributed by atoms with E-state index in [1.54, 1.807) is 4.90 Å². The third kappa shape index (κ3) is 8.37. The summed E-state index contributed by atoms with van der Waals surface area (Å²) in [5.74, 6) is 0.455. The maximum Gasteiger partial charge on any atom is 0.229 e. The summed E-state index contributed by atoms with van der Waals surface area (Å²) in [5, 5.41) is 9.84. The van der Waals surface area contributed by atoms with Crippen molar-refractivity contribution in [2.24, 2.45) is 5.92 Å². The Balaban J connectivity index is 0.000000276. The topological polar surface area (TPSA) is 78.1 Å². The van der Waals surface area contributed by atoms with Gasteiger partial charge in [0.1, 0.15) is 0 Å². The molecule has 0 aliphatic carbocycles. The average Bonchev–Trinajstić information content (AvgIpc) is 3.33. The van der Waals surface area contributed by atoms with Crippen LogP contribution >= 0.6 is 0 Å². The summed E-state index contributed by atoms with van der Waals surface area (Å²) in [6.07, 6.45) is 2.80. The number of anilines is 1. The zero-order chi connectivity index (χ0) is 20.9. The first-order chi connectivity index (χ1) is 13.4. The molecule has 1 aliphatic heterocycles. The number of aromatic nitrogens is 2. The van der Waals surface area contributed by atoms with Crippen LogP contribution < -0.4 is 5.32 Å². The summed E-state index contributed by atoms with van der Waals surface area (Å²) in [6.45, 7) is 11.7. The molecule has 2 N–H and O–H groups in total. The van der Waals surface area contributed by atoms with Crippen LogP contribution in [0.1, 0.15) is 57.8 Å². The zero-order valence-corrected chi connectivity index (χ0v) is 17.7. The molecule has 3 rings (SSSR count). The Bertz CT molecular complexity index is 698. The average molecular weight is 387 g/mol. The van der Waals surface area contributed by atoms with Gasteiger partial charge in [0.05, 0.1) is 11.6 Å². The standard InChI is InChI=1S/C12H14N2O2.C7H12N2.C3H8/c15-9-14-7-6-10(8-14)12(16)13-11-4-2-1-3-5-11;1-5(2)7-4-6(3)8-9-7;1-3-2/h1-5,9-10H,6-8H2,(H,13,16);4-5H,1-3H3,(H,8,9);3H2,1-2H3. The quantitative estimate of drug-likeness (QED) is 0.766. The molecule has 1 aliphatic rings. The van der Waals surface area contributed by atoms with Gasteiger partial charge < -0.3 is 10.2 Å². The molecule has 0 spiro atoms. The second-order valence-electron chi connectivity index (χ2n) is 7.28. The molecule has 0 radical (unpaired) electrons. The van der Waals surface area contributed by atoms with Gasteiger partial charge in [-0.2, -0.15) is 5.10 Å². The Morgan fingerprint density at radius 3 is 2.39 bits per heavy atom. The number of para-hydroxylation sites is 1. The number of benzene rings is 1. The van der Waals surface area contributed by atoms with E-state index in [4.69, 9.17) is 0 Å². The molecule has 2 amide bonds. The maximum absolute atomic E-state index is 11.8. The van der Waals surface area contributed by atoms with Crippen molar-refractivity contribution in [1.29, 1.82) is 0 Å². The normalized spacial score (nSPS) is 15.2. The van der Waals surface area contributed by atoms with E-state index in [2.05, 4.69) is 49.3 Å². The van der Waals surface area contributed by atoms with E-state index in [0.29, 0.717) is 19.0 Å². The Morgan fingerprint density at radius 1 is 1.32 bits per heavy atom. The first kappa shape index (κ1) is 23.4. The first-order valence-electron chi connectivity index (χ1n) is 9.98. The predicted octanol–water partition coefficient (Wildman–Crippen LogP) is 4.36. The molecule has 6 nitrogen and oxygen atoms in total. The van der Waals surface area contributed by atoms with Crippen LogP contribution in [-0.4, -0.2) is 40.5 Å². The highest BCUT2D eigenvalue weighted by atomic mass is 16.2. The molecule has 0 saturated carbocycles. The van der Waals surface area contributed by atoms with Gasteiger partial charge in [0, 0.05) is 24.5 Å². The number of hydrogen-bond acceptors (Lipinski definition) is 3. The van der Waals surface area contributed by atoms with Gasteiger partial charge in [-0.25, -0.2) is 0 Å². The molecule has 1 unspecified atom stereocenters. The lowest BCUT2D eigenvalue weighted by atomic mass is 10.1. The van der Waals surface area contributed by atoms with Gasteiger partial charge in [0.15, 0.2) is 0 Å². The number of amides is 2. The second-order valence-corrected chi connectivity index (χ2v) is 7.28. The smallest absolute Gasteiger partial charge is 0.229 e. The summed E-state index contributed by atoms with van der Waals surface area (Å²) in [4.78, 5) is 24.0. The molecule has 0 bridgehead atoms. The third-order valence-corrected chi connectivity index (χ3v) is 4.10. The fraction of sp³-hybridized carbons (Fsp3) is 0.500. The van der Waals surface area contributed by atoms with Crippen molar-refractivity contribution < 1.29 is 9.59 Å². The van der Waals surface area contributed by atoms with E-state index in [-0.39, 0.29) is 11.8 Å². The molecule has 154 valence electrons. The molecule has 28 heavy (non-hydrogen) atoms. The van der Waals surface area contributed by atoms with Crippen molar-refractivity contribution in [3.05, 3.63) is 47.8 Å². The molecule has 1 fully saturated rings. The SMILES string of the molecule is CCC.Cc1cc(C(C)C)n[nH]1.O=CN1CCC(C(=O)Nc2ccccc2)C1.